The molecule has 0 atom stereocenters. The van der Waals surface area contributed by atoms with E-state index in [9.17, 15) is 0 Å². The molecule has 2 aromatic rings. The van der Waals surface area contributed by atoms with Crippen LogP contribution in [0.3, 0.4) is 0 Å². The highest BCUT2D eigenvalue weighted by molar-refractivity contribution is 6.29. The Morgan fingerprint density at radius 2 is 2.06 bits per heavy atom. The second-order valence-electron chi connectivity index (χ2n) is 3.35. The Hall–Kier alpha value is -2.14. The van der Waals surface area contributed by atoms with E-state index in [1.54, 1.807) is 25.5 Å². The number of hydrazone groups is 1. The first-order chi connectivity index (χ1) is 8.79. The first-order valence-corrected chi connectivity index (χ1v) is 5.59. The lowest BCUT2D eigenvalue weighted by Gasteiger charge is -2.03. The summed E-state index contributed by atoms with van der Waals surface area (Å²) >= 11 is 5.62. The molecular formula is C12H11ClN4O. The van der Waals surface area contributed by atoms with Crippen molar-refractivity contribution in [1.29, 1.82) is 0 Å². The van der Waals surface area contributed by atoms with Gasteiger partial charge in [-0.25, -0.2) is 0 Å². The van der Waals surface area contributed by atoms with Crippen LogP contribution in [0, 0.1) is 0 Å². The second-order valence-corrected chi connectivity index (χ2v) is 3.74. The van der Waals surface area contributed by atoms with E-state index in [1.165, 1.54) is 0 Å². The summed E-state index contributed by atoms with van der Waals surface area (Å²) in [7, 11) is 1.62. The zero-order valence-corrected chi connectivity index (χ0v) is 10.4. The summed E-state index contributed by atoms with van der Waals surface area (Å²) in [6.07, 6.45) is 1.65. The molecule has 92 valence electrons. The number of nitrogens with one attached hydrogen (secondary N) is 1. The fourth-order valence-electron chi connectivity index (χ4n) is 1.32. The third-order valence-corrected chi connectivity index (χ3v) is 2.36. The van der Waals surface area contributed by atoms with Crippen LogP contribution in [0.5, 0.6) is 5.75 Å². The molecule has 1 N–H and O–H groups in total. The van der Waals surface area contributed by atoms with Crippen LogP contribution in [-0.2, 0) is 0 Å². The minimum absolute atomic E-state index is 0.342. The number of ether oxygens (including phenoxy) is 1. The molecule has 0 spiro atoms. The lowest BCUT2D eigenvalue weighted by molar-refractivity contribution is 0.414. The Balaban J connectivity index is 2.05. The predicted molar refractivity (Wildman–Crippen MR) is 71.3 cm³/mol. The van der Waals surface area contributed by atoms with Gasteiger partial charge in [-0.05, 0) is 24.3 Å². The predicted octanol–water partition coefficient (Wildman–Crippen LogP) is 2.58. The maximum Gasteiger partial charge on any atom is 0.168 e. The number of hydrogen-bond donors (Lipinski definition) is 1. The van der Waals surface area contributed by atoms with E-state index >= 15 is 0 Å². The number of aromatic nitrogens is 2. The van der Waals surface area contributed by atoms with Crippen LogP contribution in [-0.4, -0.2) is 23.5 Å². The first kappa shape index (κ1) is 12.3. The van der Waals surface area contributed by atoms with Gasteiger partial charge in [0.15, 0.2) is 11.0 Å². The lowest BCUT2D eigenvalue weighted by Crippen LogP contribution is -1.96. The van der Waals surface area contributed by atoms with Gasteiger partial charge in [0.1, 0.15) is 5.75 Å². The third kappa shape index (κ3) is 3.18. The van der Waals surface area contributed by atoms with Gasteiger partial charge in [-0.1, -0.05) is 23.7 Å². The van der Waals surface area contributed by atoms with E-state index in [-0.39, 0.29) is 0 Å². The van der Waals surface area contributed by atoms with Gasteiger partial charge in [-0.15, -0.1) is 10.2 Å². The first-order valence-electron chi connectivity index (χ1n) is 5.21. The van der Waals surface area contributed by atoms with Gasteiger partial charge in [0.05, 0.1) is 13.3 Å². The molecule has 0 saturated heterocycles. The summed E-state index contributed by atoms with van der Waals surface area (Å²) in [5, 5.41) is 11.9. The minimum atomic E-state index is 0.342. The van der Waals surface area contributed by atoms with E-state index in [0.29, 0.717) is 11.0 Å². The van der Waals surface area contributed by atoms with Crippen molar-refractivity contribution < 1.29 is 4.74 Å². The Morgan fingerprint density at radius 3 is 2.78 bits per heavy atom. The van der Waals surface area contributed by atoms with Crippen molar-refractivity contribution in [3.05, 3.63) is 47.1 Å². The van der Waals surface area contributed by atoms with Gasteiger partial charge < -0.3 is 4.74 Å². The number of rotatable bonds is 4. The molecule has 0 radical (unpaired) electrons. The monoisotopic (exact) mass is 262 g/mol. The second kappa shape index (κ2) is 5.97. The number of methoxy groups -OCH3 is 1. The van der Waals surface area contributed by atoms with Gasteiger partial charge in [0.25, 0.3) is 0 Å². The zero-order chi connectivity index (χ0) is 12.8. The Labute approximate surface area is 109 Å². The fourth-order valence-corrected chi connectivity index (χ4v) is 1.42. The van der Waals surface area contributed by atoms with Crippen LogP contribution in [0.15, 0.2) is 41.5 Å². The number of benzene rings is 1. The lowest BCUT2D eigenvalue weighted by atomic mass is 10.2. The summed E-state index contributed by atoms with van der Waals surface area (Å²) in [5.74, 6) is 1.27. The molecule has 0 saturated carbocycles. The quantitative estimate of drug-likeness (QED) is 0.680. The molecule has 18 heavy (non-hydrogen) atoms. The van der Waals surface area contributed by atoms with Crippen molar-refractivity contribution in [2.24, 2.45) is 5.10 Å². The van der Waals surface area contributed by atoms with Crippen LogP contribution in [0.4, 0.5) is 5.82 Å². The highest BCUT2D eigenvalue weighted by Crippen LogP contribution is 2.14. The molecule has 6 heteroatoms. The zero-order valence-electron chi connectivity index (χ0n) is 9.67. The standard InChI is InChI=1S/C12H11ClN4O/c1-18-10-5-3-2-4-9(10)8-14-16-12-7-6-11(13)15-17-12/h2-8H,1H3,(H,16,17)/b14-8+. The maximum absolute atomic E-state index is 5.62. The molecule has 0 amide bonds. The molecule has 0 unspecified atom stereocenters. The summed E-state index contributed by atoms with van der Waals surface area (Å²) in [5.41, 5.74) is 3.62. The molecule has 1 aromatic carbocycles. The van der Waals surface area contributed by atoms with Gasteiger partial charge >= 0.3 is 0 Å². The van der Waals surface area contributed by atoms with Gasteiger partial charge in [0.2, 0.25) is 0 Å². The molecular weight excluding hydrogens is 252 g/mol. The van der Waals surface area contributed by atoms with E-state index in [0.717, 1.165) is 11.3 Å². The smallest absolute Gasteiger partial charge is 0.168 e. The van der Waals surface area contributed by atoms with E-state index < -0.39 is 0 Å². The molecule has 0 aliphatic carbocycles. The number of para-hydroxylation sites is 1. The summed E-state index contributed by atoms with van der Waals surface area (Å²) in [6, 6.07) is 10.9. The normalized spacial score (nSPS) is 10.6. The Morgan fingerprint density at radius 1 is 1.22 bits per heavy atom. The molecule has 0 bridgehead atoms. The minimum Gasteiger partial charge on any atom is -0.496 e. The molecule has 1 aromatic heterocycles. The molecule has 5 nitrogen and oxygen atoms in total. The highest BCUT2D eigenvalue weighted by Gasteiger charge is 1.97. The van der Waals surface area contributed by atoms with E-state index in [4.69, 9.17) is 16.3 Å². The molecule has 0 aliphatic heterocycles. The number of halogens is 1. The van der Waals surface area contributed by atoms with Crippen LogP contribution in [0.25, 0.3) is 0 Å². The van der Waals surface area contributed by atoms with Crippen molar-refractivity contribution in [2.45, 2.75) is 0 Å². The molecule has 0 aliphatic rings. The maximum atomic E-state index is 5.62. The fraction of sp³-hybridized carbons (Fsp3) is 0.0833. The molecule has 0 fully saturated rings. The topological polar surface area (TPSA) is 59.4 Å². The van der Waals surface area contributed by atoms with Gasteiger partial charge in [-0.2, -0.15) is 5.10 Å². The molecule has 1 heterocycles. The van der Waals surface area contributed by atoms with E-state index in [1.807, 2.05) is 24.3 Å². The van der Waals surface area contributed by atoms with Crippen LogP contribution in [0.1, 0.15) is 5.56 Å². The SMILES string of the molecule is COc1ccccc1/C=N/Nc1ccc(Cl)nn1. The summed E-state index contributed by atoms with van der Waals surface area (Å²) < 4.78 is 5.20. The van der Waals surface area contributed by atoms with Crippen LogP contribution >= 0.6 is 11.6 Å². The summed E-state index contributed by atoms with van der Waals surface area (Å²) in [6.45, 7) is 0. The molecule has 2 rings (SSSR count). The third-order valence-electron chi connectivity index (χ3n) is 2.15. The highest BCUT2D eigenvalue weighted by atomic mass is 35.5. The van der Waals surface area contributed by atoms with Crippen molar-refractivity contribution in [3.63, 3.8) is 0 Å². The average molecular weight is 263 g/mol. The average Bonchev–Trinajstić information content (AvgIpc) is 2.41. The van der Waals surface area contributed by atoms with Crippen molar-refractivity contribution >= 4 is 23.6 Å². The van der Waals surface area contributed by atoms with Gasteiger partial charge in [0, 0.05) is 5.56 Å². The number of nitrogens with zero attached hydrogens (tertiary/aromatic N) is 3. The van der Waals surface area contributed by atoms with Crippen LogP contribution in [0.2, 0.25) is 5.15 Å². The largest absolute Gasteiger partial charge is 0.496 e. The van der Waals surface area contributed by atoms with Crippen molar-refractivity contribution in [1.82, 2.24) is 10.2 Å². The van der Waals surface area contributed by atoms with E-state index in [2.05, 4.69) is 20.7 Å². The summed E-state index contributed by atoms with van der Waals surface area (Å²) in [4.78, 5) is 0. The van der Waals surface area contributed by atoms with Crippen LogP contribution < -0.4 is 10.2 Å². The Bertz CT molecular complexity index is 542. The van der Waals surface area contributed by atoms with Gasteiger partial charge in [-0.3, -0.25) is 5.43 Å². The number of anilines is 1. The Kier molecular flexibility index (Phi) is 4.09. The van der Waals surface area contributed by atoms with Crippen molar-refractivity contribution in [3.8, 4) is 5.75 Å². The van der Waals surface area contributed by atoms with Crippen molar-refractivity contribution in [2.75, 3.05) is 12.5 Å². The number of hydrogen-bond acceptors (Lipinski definition) is 5.